The molecular formula is C11H10ClNO2. The smallest absolute Gasteiger partial charge is 0.339 e. The van der Waals surface area contributed by atoms with Crippen molar-refractivity contribution >= 4 is 28.5 Å². The number of rotatable bonds is 1. The zero-order valence-corrected chi connectivity index (χ0v) is 9.14. The second kappa shape index (κ2) is 3.28. The molecule has 0 aliphatic heterocycles. The normalized spacial score (nSPS) is 10.9. The zero-order valence-electron chi connectivity index (χ0n) is 8.39. The fraction of sp³-hybridized carbons (Fsp3) is 0.182. The van der Waals surface area contributed by atoms with E-state index in [4.69, 9.17) is 16.7 Å². The van der Waals surface area contributed by atoms with E-state index in [1.54, 1.807) is 0 Å². The molecule has 1 aromatic heterocycles. The number of aryl methyl sites for hydroxylation is 2. The Morgan fingerprint density at radius 3 is 2.53 bits per heavy atom. The number of benzene rings is 1. The van der Waals surface area contributed by atoms with E-state index in [1.165, 1.54) is 0 Å². The number of fused-ring (bicyclic) bond motifs is 1. The summed E-state index contributed by atoms with van der Waals surface area (Å²) in [6.07, 6.45) is 0. The Morgan fingerprint density at radius 1 is 1.33 bits per heavy atom. The molecule has 0 fully saturated rings. The van der Waals surface area contributed by atoms with Gasteiger partial charge in [0.05, 0.1) is 5.52 Å². The molecule has 0 amide bonds. The summed E-state index contributed by atoms with van der Waals surface area (Å²) in [7, 11) is 0. The van der Waals surface area contributed by atoms with Gasteiger partial charge in [-0.25, -0.2) is 4.79 Å². The Balaban J connectivity index is 2.98. The van der Waals surface area contributed by atoms with Gasteiger partial charge in [0.2, 0.25) is 0 Å². The van der Waals surface area contributed by atoms with Gasteiger partial charge in [-0.3, -0.25) is 0 Å². The minimum Gasteiger partial charge on any atom is -0.478 e. The highest BCUT2D eigenvalue weighted by Crippen LogP contribution is 2.30. The van der Waals surface area contributed by atoms with Crippen LogP contribution in [-0.2, 0) is 0 Å². The van der Waals surface area contributed by atoms with E-state index in [1.807, 2.05) is 26.0 Å². The summed E-state index contributed by atoms with van der Waals surface area (Å²) < 4.78 is 0. The zero-order chi connectivity index (χ0) is 11.2. The molecule has 4 heteroatoms. The van der Waals surface area contributed by atoms with Gasteiger partial charge in [0.15, 0.2) is 0 Å². The molecule has 0 radical (unpaired) electrons. The molecule has 0 aliphatic rings. The topological polar surface area (TPSA) is 53.1 Å². The third-order valence-electron chi connectivity index (χ3n) is 2.54. The lowest BCUT2D eigenvalue weighted by atomic mass is 10.0. The van der Waals surface area contributed by atoms with E-state index in [0.717, 1.165) is 16.6 Å². The van der Waals surface area contributed by atoms with Crippen molar-refractivity contribution in [3.63, 3.8) is 0 Å². The summed E-state index contributed by atoms with van der Waals surface area (Å²) in [4.78, 5) is 14.0. The van der Waals surface area contributed by atoms with E-state index < -0.39 is 5.97 Å². The Kier molecular flexibility index (Phi) is 2.20. The molecule has 1 heterocycles. The Morgan fingerprint density at radius 2 is 1.93 bits per heavy atom. The number of nitrogens with one attached hydrogen (secondary N) is 1. The second-order valence-corrected chi connectivity index (χ2v) is 3.95. The molecule has 2 N–H and O–H groups in total. The minimum absolute atomic E-state index is 0.160. The molecular weight excluding hydrogens is 214 g/mol. The maximum Gasteiger partial charge on any atom is 0.339 e. The molecule has 0 saturated heterocycles. The van der Waals surface area contributed by atoms with Crippen molar-refractivity contribution in [3.8, 4) is 0 Å². The number of hydrogen-bond donors (Lipinski definition) is 2. The molecule has 15 heavy (non-hydrogen) atoms. The number of hydrogen-bond acceptors (Lipinski definition) is 1. The van der Waals surface area contributed by atoms with E-state index in [2.05, 4.69) is 4.98 Å². The van der Waals surface area contributed by atoms with E-state index in [9.17, 15) is 4.79 Å². The fourth-order valence-corrected chi connectivity index (χ4v) is 2.05. The van der Waals surface area contributed by atoms with Crippen LogP contribution in [0.3, 0.4) is 0 Å². The van der Waals surface area contributed by atoms with Crippen LogP contribution in [-0.4, -0.2) is 16.1 Å². The average molecular weight is 224 g/mol. The molecule has 0 spiro atoms. The quantitative estimate of drug-likeness (QED) is 0.780. The van der Waals surface area contributed by atoms with Gasteiger partial charge in [-0.05, 0) is 25.0 Å². The van der Waals surface area contributed by atoms with E-state index in [-0.39, 0.29) is 10.7 Å². The second-order valence-electron chi connectivity index (χ2n) is 3.57. The number of H-pyrrole nitrogens is 1. The predicted molar refractivity (Wildman–Crippen MR) is 59.7 cm³/mol. The average Bonchev–Trinajstić information content (AvgIpc) is 2.50. The Bertz CT molecular complexity index is 557. The number of carboxylic acid groups (broad SMARTS) is 1. The predicted octanol–water partition coefficient (Wildman–Crippen LogP) is 3.14. The summed E-state index contributed by atoms with van der Waals surface area (Å²) in [5, 5.41) is 9.95. The van der Waals surface area contributed by atoms with Crippen LogP contribution in [0.1, 0.15) is 21.5 Å². The van der Waals surface area contributed by atoms with Crippen molar-refractivity contribution < 1.29 is 9.90 Å². The summed E-state index contributed by atoms with van der Waals surface area (Å²) in [6, 6.07) is 3.84. The standard InChI is InChI=1S/C11H10ClNO2/c1-5-3-4-6(2)9-7(5)8(11(14)15)10(12)13-9/h3-4,13H,1-2H3,(H,14,15). The Labute approximate surface area is 91.7 Å². The van der Waals surface area contributed by atoms with Crippen LogP contribution in [0, 0.1) is 13.8 Å². The largest absolute Gasteiger partial charge is 0.478 e. The van der Waals surface area contributed by atoms with Crippen molar-refractivity contribution in [1.29, 1.82) is 0 Å². The molecule has 0 atom stereocenters. The maximum atomic E-state index is 11.1. The lowest BCUT2D eigenvalue weighted by Gasteiger charge is -2.00. The van der Waals surface area contributed by atoms with E-state index in [0.29, 0.717) is 5.39 Å². The van der Waals surface area contributed by atoms with Crippen LogP contribution in [0.25, 0.3) is 10.9 Å². The highest BCUT2D eigenvalue weighted by Gasteiger charge is 2.18. The summed E-state index contributed by atoms with van der Waals surface area (Å²) in [6.45, 7) is 3.79. The molecule has 0 bridgehead atoms. The van der Waals surface area contributed by atoms with Gasteiger partial charge >= 0.3 is 5.97 Å². The van der Waals surface area contributed by atoms with Crippen LogP contribution < -0.4 is 0 Å². The first-order valence-electron chi connectivity index (χ1n) is 4.53. The van der Waals surface area contributed by atoms with Gasteiger partial charge < -0.3 is 10.1 Å². The molecule has 2 aromatic rings. The first kappa shape index (κ1) is 10.1. The first-order chi connectivity index (χ1) is 7.02. The summed E-state index contributed by atoms with van der Waals surface area (Å²) in [5.74, 6) is -1.00. The molecule has 1 aromatic carbocycles. The highest BCUT2D eigenvalue weighted by atomic mass is 35.5. The Hall–Kier alpha value is -1.48. The van der Waals surface area contributed by atoms with Crippen molar-refractivity contribution in [2.45, 2.75) is 13.8 Å². The van der Waals surface area contributed by atoms with E-state index >= 15 is 0 Å². The number of aromatic amines is 1. The molecule has 78 valence electrons. The van der Waals surface area contributed by atoms with Gasteiger partial charge in [-0.15, -0.1) is 0 Å². The van der Waals surface area contributed by atoms with Crippen LogP contribution in [0.15, 0.2) is 12.1 Å². The third-order valence-corrected chi connectivity index (χ3v) is 2.82. The van der Waals surface area contributed by atoms with Gasteiger partial charge in [0, 0.05) is 5.39 Å². The number of carboxylic acids is 1. The van der Waals surface area contributed by atoms with Crippen molar-refractivity contribution in [3.05, 3.63) is 34.0 Å². The monoisotopic (exact) mass is 223 g/mol. The lowest BCUT2D eigenvalue weighted by molar-refractivity contribution is 0.0699. The number of halogens is 1. The van der Waals surface area contributed by atoms with Crippen LogP contribution in [0.2, 0.25) is 5.15 Å². The number of aromatic nitrogens is 1. The van der Waals surface area contributed by atoms with Crippen molar-refractivity contribution in [2.24, 2.45) is 0 Å². The molecule has 2 rings (SSSR count). The summed E-state index contributed by atoms with van der Waals surface area (Å²) in [5.41, 5.74) is 2.87. The van der Waals surface area contributed by atoms with Crippen LogP contribution in [0.5, 0.6) is 0 Å². The fourth-order valence-electron chi connectivity index (χ4n) is 1.78. The molecule has 0 unspecified atom stereocenters. The number of carbonyl (C=O) groups is 1. The van der Waals surface area contributed by atoms with Crippen molar-refractivity contribution in [2.75, 3.05) is 0 Å². The lowest BCUT2D eigenvalue weighted by Crippen LogP contribution is -1.96. The first-order valence-corrected chi connectivity index (χ1v) is 4.91. The maximum absolute atomic E-state index is 11.1. The number of aromatic carboxylic acids is 1. The van der Waals surface area contributed by atoms with Gasteiger partial charge in [-0.1, -0.05) is 23.7 Å². The van der Waals surface area contributed by atoms with Gasteiger partial charge in [-0.2, -0.15) is 0 Å². The van der Waals surface area contributed by atoms with Gasteiger partial charge in [0.25, 0.3) is 0 Å². The molecule has 0 saturated carbocycles. The van der Waals surface area contributed by atoms with Crippen LogP contribution >= 0.6 is 11.6 Å². The summed E-state index contributed by atoms with van der Waals surface area (Å²) >= 11 is 5.87. The molecule has 0 aliphatic carbocycles. The minimum atomic E-state index is -1.00. The highest BCUT2D eigenvalue weighted by molar-refractivity contribution is 6.35. The van der Waals surface area contributed by atoms with Crippen molar-refractivity contribution in [1.82, 2.24) is 4.98 Å². The third kappa shape index (κ3) is 1.39. The molecule has 3 nitrogen and oxygen atoms in total. The van der Waals surface area contributed by atoms with Crippen LogP contribution in [0.4, 0.5) is 0 Å². The van der Waals surface area contributed by atoms with Gasteiger partial charge in [0.1, 0.15) is 10.7 Å². The SMILES string of the molecule is Cc1ccc(C)c2c(C(=O)O)c(Cl)[nH]c12.